The molecule has 1 aliphatic heterocycles. The Balaban J connectivity index is 1.68. The number of morpholine rings is 1. The number of amides is 1. The molecule has 1 saturated heterocycles. The van der Waals surface area contributed by atoms with E-state index in [2.05, 4.69) is 5.10 Å². The Morgan fingerprint density at radius 1 is 1.33 bits per heavy atom. The normalized spacial score (nSPS) is 18.9. The highest BCUT2D eigenvalue weighted by atomic mass is 16.5. The summed E-state index contributed by atoms with van der Waals surface area (Å²) < 4.78 is 7.57. The summed E-state index contributed by atoms with van der Waals surface area (Å²) in [6, 6.07) is 1.90. The second kappa shape index (κ2) is 8.79. The second-order valence-electron chi connectivity index (χ2n) is 5.51. The van der Waals surface area contributed by atoms with Crippen molar-refractivity contribution in [1.29, 1.82) is 0 Å². The number of nitrogens with zero attached hydrogens (tertiary/aromatic N) is 3. The Morgan fingerprint density at radius 3 is 2.95 bits per heavy atom. The first kappa shape index (κ1) is 16.0. The number of rotatable bonds is 8. The average Bonchev–Trinajstić information content (AvgIpc) is 3.00. The quantitative estimate of drug-likeness (QED) is 0.727. The second-order valence-corrected chi connectivity index (χ2v) is 5.51. The van der Waals surface area contributed by atoms with E-state index in [0.717, 1.165) is 32.2 Å². The first-order valence-electron chi connectivity index (χ1n) is 7.86. The molecule has 1 amide bonds. The summed E-state index contributed by atoms with van der Waals surface area (Å²) in [7, 11) is 0. The van der Waals surface area contributed by atoms with Gasteiger partial charge in [-0.2, -0.15) is 5.10 Å². The topological polar surface area (TPSA) is 73.4 Å². The van der Waals surface area contributed by atoms with E-state index in [-0.39, 0.29) is 12.0 Å². The molecule has 0 saturated carbocycles. The van der Waals surface area contributed by atoms with Crippen molar-refractivity contribution < 1.29 is 9.53 Å². The number of unbranched alkanes of at least 4 members (excludes halogenated alkanes) is 3. The first-order chi connectivity index (χ1) is 10.3. The molecule has 1 aliphatic rings. The molecule has 1 unspecified atom stereocenters. The van der Waals surface area contributed by atoms with Crippen LogP contribution in [0.25, 0.3) is 0 Å². The summed E-state index contributed by atoms with van der Waals surface area (Å²) in [6.45, 7) is 3.43. The van der Waals surface area contributed by atoms with Crippen LogP contribution in [-0.2, 0) is 16.1 Å². The van der Waals surface area contributed by atoms with Gasteiger partial charge in [0.1, 0.15) is 0 Å². The van der Waals surface area contributed by atoms with Crippen LogP contribution in [-0.4, -0.2) is 52.9 Å². The lowest BCUT2D eigenvalue weighted by molar-refractivity contribution is -0.139. The van der Waals surface area contributed by atoms with E-state index in [1.165, 1.54) is 0 Å². The molecule has 0 spiro atoms. The Morgan fingerprint density at radius 2 is 2.19 bits per heavy atom. The molecule has 2 rings (SSSR count). The summed E-state index contributed by atoms with van der Waals surface area (Å²) in [5.41, 5.74) is 5.46. The summed E-state index contributed by atoms with van der Waals surface area (Å²) in [4.78, 5) is 14.1. The lowest BCUT2D eigenvalue weighted by Crippen LogP contribution is -2.47. The van der Waals surface area contributed by atoms with Gasteiger partial charge in [-0.25, -0.2) is 0 Å². The van der Waals surface area contributed by atoms with Gasteiger partial charge in [0.25, 0.3) is 0 Å². The third-order valence-corrected chi connectivity index (χ3v) is 3.79. The molecule has 0 aromatic carbocycles. The molecule has 1 aromatic heterocycles. The fraction of sp³-hybridized carbons (Fsp3) is 0.733. The standard InChI is InChI=1S/C15H26N4O2/c16-7-4-2-1-3-6-15(20)18-10-11-21-14(12-18)13-19-9-5-8-17-19/h5,8-9,14H,1-4,6-7,10-13,16H2. The lowest BCUT2D eigenvalue weighted by atomic mass is 10.1. The predicted molar refractivity (Wildman–Crippen MR) is 80.7 cm³/mol. The third kappa shape index (κ3) is 5.47. The van der Waals surface area contributed by atoms with E-state index in [4.69, 9.17) is 10.5 Å². The number of carbonyl (C=O) groups excluding carboxylic acids is 1. The molecule has 2 heterocycles. The Labute approximate surface area is 126 Å². The number of hydrogen-bond donors (Lipinski definition) is 1. The lowest BCUT2D eigenvalue weighted by Gasteiger charge is -2.33. The van der Waals surface area contributed by atoms with E-state index in [1.807, 2.05) is 21.8 Å². The molecular formula is C15H26N4O2. The van der Waals surface area contributed by atoms with Crippen LogP contribution in [0.15, 0.2) is 18.5 Å². The summed E-state index contributed by atoms with van der Waals surface area (Å²) in [5, 5.41) is 4.18. The van der Waals surface area contributed by atoms with Crippen molar-refractivity contribution in [3.8, 4) is 0 Å². The predicted octanol–water partition coefficient (Wildman–Crippen LogP) is 1.02. The Bertz CT molecular complexity index is 408. The minimum atomic E-state index is 0.0415. The minimum Gasteiger partial charge on any atom is -0.373 e. The van der Waals surface area contributed by atoms with Crippen molar-refractivity contribution in [2.24, 2.45) is 5.73 Å². The van der Waals surface area contributed by atoms with Crippen LogP contribution in [0.3, 0.4) is 0 Å². The maximum Gasteiger partial charge on any atom is 0.222 e. The number of carbonyl (C=O) groups is 1. The maximum absolute atomic E-state index is 12.2. The van der Waals surface area contributed by atoms with Crippen LogP contribution in [0, 0.1) is 0 Å². The average molecular weight is 294 g/mol. The molecule has 0 bridgehead atoms. The van der Waals surface area contributed by atoms with E-state index in [9.17, 15) is 4.79 Å². The number of ether oxygens (including phenoxy) is 1. The zero-order chi connectivity index (χ0) is 14.9. The Hall–Kier alpha value is -1.40. The van der Waals surface area contributed by atoms with Crippen molar-refractivity contribution in [1.82, 2.24) is 14.7 Å². The van der Waals surface area contributed by atoms with Crippen LogP contribution < -0.4 is 5.73 Å². The van der Waals surface area contributed by atoms with Gasteiger partial charge in [-0.05, 0) is 25.5 Å². The third-order valence-electron chi connectivity index (χ3n) is 3.79. The highest BCUT2D eigenvalue weighted by molar-refractivity contribution is 5.76. The molecule has 0 aliphatic carbocycles. The van der Waals surface area contributed by atoms with Crippen LogP contribution in [0.5, 0.6) is 0 Å². The summed E-state index contributed by atoms with van der Waals surface area (Å²) >= 11 is 0. The SMILES string of the molecule is NCCCCCCC(=O)N1CCOC(Cn2cccn2)C1. The van der Waals surface area contributed by atoms with Crippen molar-refractivity contribution >= 4 is 5.91 Å². The van der Waals surface area contributed by atoms with Gasteiger partial charge in [0, 0.05) is 31.9 Å². The van der Waals surface area contributed by atoms with Crippen LogP contribution in [0.4, 0.5) is 0 Å². The summed E-state index contributed by atoms with van der Waals surface area (Å²) in [5.74, 6) is 0.247. The van der Waals surface area contributed by atoms with E-state index >= 15 is 0 Å². The van der Waals surface area contributed by atoms with Gasteiger partial charge in [-0.1, -0.05) is 12.8 Å². The highest BCUT2D eigenvalue weighted by Gasteiger charge is 2.24. The van der Waals surface area contributed by atoms with Gasteiger partial charge in [-0.3, -0.25) is 9.48 Å². The van der Waals surface area contributed by atoms with Gasteiger partial charge in [0.2, 0.25) is 5.91 Å². The number of aromatic nitrogens is 2. The number of hydrogen-bond acceptors (Lipinski definition) is 4. The van der Waals surface area contributed by atoms with Crippen LogP contribution in [0.2, 0.25) is 0 Å². The molecule has 21 heavy (non-hydrogen) atoms. The van der Waals surface area contributed by atoms with E-state index < -0.39 is 0 Å². The fourth-order valence-electron chi connectivity index (χ4n) is 2.61. The largest absolute Gasteiger partial charge is 0.373 e. The molecule has 1 fully saturated rings. The smallest absolute Gasteiger partial charge is 0.222 e. The molecule has 118 valence electrons. The van der Waals surface area contributed by atoms with Gasteiger partial charge in [0.15, 0.2) is 0 Å². The van der Waals surface area contributed by atoms with E-state index in [0.29, 0.717) is 32.7 Å². The summed E-state index contributed by atoms with van der Waals surface area (Å²) in [6.07, 6.45) is 8.57. The van der Waals surface area contributed by atoms with Gasteiger partial charge in [-0.15, -0.1) is 0 Å². The van der Waals surface area contributed by atoms with Crippen LogP contribution >= 0.6 is 0 Å². The molecule has 1 atom stereocenters. The molecule has 6 nitrogen and oxygen atoms in total. The highest BCUT2D eigenvalue weighted by Crippen LogP contribution is 2.11. The van der Waals surface area contributed by atoms with Crippen molar-refractivity contribution in [3.05, 3.63) is 18.5 Å². The molecule has 2 N–H and O–H groups in total. The number of nitrogens with two attached hydrogens (primary N) is 1. The first-order valence-corrected chi connectivity index (χ1v) is 7.86. The molecular weight excluding hydrogens is 268 g/mol. The van der Waals surface area contributed by atoms with Crippen molar-refractivity contribution in [2.45, 2.75) is 44.8 Å². The molecule has 0 radical (unpaired) electrons. The zero-order valence-corrected chi connectivity index (χ0v) is 12.6. The van der Waals surface area contributed by atoms with Crippen molar-refractivity contribution in [2.75, 3.05) is 26.2 Å². The van der Waals surface area contributed by atoms with E-state index in [1.54, 1.807) is 6.20 Å². The van der Waals surface area contributed by atoms with Crippen molar-refractivity contribution in [3.63, 3.8) is 0 Å². The maximum atomic E-state index is 12.2. The fourth-order valence-corrected chi connectivity index (χ4v) is 2.61. The van der Waals surface area contributed by atoms with Gasteiger partial charge in [0.05, 0.1) is 19.3 Å². The van der Waals surface area contributed by atoms with Gasteiger partial charge < -0.3 is 15.4 Å². The minimum absolute atomic E-state index is 0.0415. The molecule has 1 aromatic rings. The van der Waals surface area contributed by atoms with Gasteiger partial charge >= 0.3 is 0 Å². The van der Waals surface area contributed by atoms with Crippen LogP contribution in [0.1, 0.15) is 32.1 Å². The monoisotopic (exact) mass is 294 g/mol. The Kier molecular flexibility index (Phi) is 6.69. The zero-order valence-electron chi connectivity index (χ0n) is 12.6. The molecule has 6 heteroatoms.